The summed E-state index contributed by atoms with van der Waals surface area (Å²) in [6.07, 6.45) is 1.13. The molecule has 0 radical (unpaired) electrons. The van der Waals surface area contributed by atoms with Crippen LogP contribution in [0.4, 0.5) is 0 Å². The number of rotatable bonds is 3. The third kappa shape index (κ3) is 3.56. The second-order valence-corrected chi connectivity index (χ2v) is 5.81. The molecule has 1 unspecified atom stereocenters. The van der Waals surface area contributed by atoms with Crippen LogP contribution in [0, 0.1) is 0 Å². The van der Waals surface area contributed by atoms with E-state index in [1.807, 2.05) is 21.6 Å². The van der Waals surface area contributed by atoms with Crippen LogP contribution < -0.4 is 5.73 Å². The normalized spacial score (nSPS) is 23.5. The summed E-state index contributed by atoms with van der Waals surface area (Å²) >= 11 is 0. The van der Waals surface area contributed by atoms with Crippen LogP contribution >= 0.6 is 21.6 Å². The van der Waals surface area contributed by atoms with Gasteiger partial charge >= 0.3 is 0 Å². The van der Waals surface area contributed by atoms with Gasteiger partial charge in [0.15, 0.2) is 0 Å². The molecule has 0 aromatic rings. The van der Waals surface area contributed by atoms with Gasteiger partial charge in [-0.25, -0.2) is 0 Å². The highest BCUT2D eigenvalue weighted by molar-refractivity contribution is 8.76. The van der Waals surface area contributed by atoms with Gasteiger partial charge in [-0.1, -0.05) is 21.6 Å². The Morgan fingerprint density at radius 2 is 1.92 bits per heavy atom. The van der Waals surface area contributed by atoms with Crippen molar-refractivity contribution < 1.29 is 0 Å². The van der Waals surface area contributed by atoms with Gasteiger partial charge in [-0.2, -0.15) is 0 Å². The fourth-order valence-corrected chi connectivity index (χ4v) is 3.41. The Kier molecular flexibility index (Phi) is 5.47. The van der Waals surface area contributed by atoms with Gasteiger partial charge in [0.1, 0.15) is 0 Å². The van der Waals surface area contributed by atoms with Crippen LogP contribution in [-0.4, -0.2) is 42.1 Å². The summed E-state index contributed by atoms with van der Waals surface area (Å²) in [7, 11) is 4.00. The van der Waals surface area contributed by atoms with Crippen LogP contribution in [-0.2, 0) is 0 Å². The van der Waals surface area contributed by atoms with Crippen LogP contribution in [0.25, 0.3) is 0 Å². The average molecular weight is 206 g/mol. The Morgan fingerprint density at radius 3 is 2.42 bits per heavy atom. The molecule has 1 saturated heterocycles. The van der Waals surface area contributed by atoms with Gasteiger partial charge in [0.2, 0.25) is 0 Å². The fraction of sp³-hybridized carbons (Fsp3) is 1.00. The van der Waals surface area contributed by atoms with E-state index in [0.717, 1.165) is 13.0 Å². The van der Waals surface area contributed by atoms with Gasteiger partial charge in [-0.05, 0) is 19.9 Å². The van der Waals surface area contributed by atoms with Crippen molar-refractivity contribution in [2.75, 3.05) is 31.1 Å². The molecular formula is C8H18N2S2. The van der Waals surface area contributed by atoms with E-state index in [1.54, 1.807) is 0 Å². The highest BCUT2D eigenvalue weighted by atomic mass is 33.1. The minimum atomic E-state index is 0.675. The summed E-state index contributed by atoms with van der Waals surface area (Å²) in [5.74, 6) is 2.53. The molecule has 12 heavy (non-hydrogen) atoms. The maximum atomic E-state index is 5.54. The lowest BCUT2D eigenvalue weighted by Gasteiger charge is -2.26. The van der Waals surface area contributed by atoms with Gasteiger partial charge in [-0.3, -0.25) is 4.90 Å². The summed E-state index contributed by atoms with van der Waals surface area (Å²) in [6.45, 7) is 5.57. The van der Waals surface area contributed by atoms with E-state index in [4.69, 9.17) is 5.73 Å². The van der Waals surface area contributed by atoms with Gasteiger partial charge in [0.25, 0.3) is 0 Å². The quantitative estimate of drug-likeness (QED) is 0.707. The molecule has 0 aromatic carbocycles. The van der Waals surface area contributed by atoms with Crippen LogP contribution in [0.1, 0.15) is 13.3 Å². The summed E-state index contributed by atoms with van der Waals surface area (Å²) in [5, 5.41) is 0. The topological polar surface area (TPSA) is 29.3 Å². The summed E-state index contributed by atoms with van der Waals surface area (Å²) in [5.41, 5.74) is 5.54. The first-order valence-electron chi connectivity index (χ1n) is 4.53. The van der Waals surface area contributed by atoms with Crippen molar-refractivity contribution in [2.45, 2.75) is 19.4 Å². The van der Waals surface area contributed by atoms with Crippen molar-refractivity contribution in [1.82, 2.24) is 4.90 Å². The van der Waals surface area contributed by atoms with E-state index in [2.05, 4.69) is 11.8 Å². The molecule has 72 valence electrons. The third-order valence-corrected chi connectivity index (χ3v) is 4.58. The first-order chi connectivity index (χ1) is 5.84. The van der Waals surface area contributed by atoms with E-state index < -0.39 is 0 Å². The van der Waals surface area contributed by atoms with E-state index in [9.17, 15) is 0 Å². The van der Waals surface area contributed by atoms with Crippen molar-refractivity contribution in [3.63, 3.8) is 0 Å². The van der Waals surface area contributed by atoms with E-state index >= 15 is 0 Å². The highest BCUT2D eigenvalue weighted by Gasteiger charge is 2.14. The number of nitrogens with zero attached hydrogens (tertiary/aromatic N) is 1. The Morgan fingerprint density at radius 1 is 1.33 bits per heavy atom. The maximum absolute atomic E-state index is 5.54. The molecule has 1 heterocycles. The molecule has 0 saturated carbocycles. The largest absolute Gasteiger partial charge is 0.330 e. The molecule has 1 aliphatic heterocycles. The SMILES string of the molecule is CC(CCN)N1CCSSCC1. The zero-order valence-corrected chi connectivity index (χ0v) is 9.29. The summed E-state index contributed by atoms with van der Waals surface area (Å²) in [6, 6.07) is 0.675. The Bertz CT molecular complexity index is 114. The molecule has 0 aromatic heterocycles. The molecule has 0 bridgehead atoms. The number of hydrogen-bond donors (Lipinski definition) is 1. The lowest BCUT2D eigenvalue weighted by atomic mass is 10.2. The van der Waals surface area contributed by atoms with E-state index in [1.165, 1.54) is 24.6 Å². The lowest BCUT2D eigenvalue weighted by Crippen LogP contribution is -2.36. The third-order valence-electron chi connectivity index (χ3n) is 2.21. The van der Waals surface area contributed by atoms with E-state index in [-0.39, 0.29) is 0 Å². The average Bonchev–Trinajstić information content (AvgIpc) is 2.32. The summed E-state index contributed by atoms with van der Waals surface area (Å²) in [4.78, 5) is 2.56. The molecule has 0 amide bonds. The fourth-order valence-electron chi connectivity index (χ4n) is 1.40. The van der Waals surface area contributed by atoms with Crippen molar-refractivity contribution in [3.05, 3.63) is 0 Å². The highest BCUT2D eigenvalue weighted by Crippen LogP contribution is 2.24. The molecular weight excluding hydrogens is 188 g/mol. The molecule has 2 N–H and O–H groups in total. The van der Waals surface area contributed by atoms with Crippen molar-refractivity contribution in [2.24, 2.45) is 5.73 Å². The van der Waals surface area contributed by atoms with Gasteiger partial charge in [0.05, 0.1) is 0 Å². The second kappa shape index (κ2) is 6.13. The van der Waals surface area contributed by atoms with E-state index in [0.29, 0.717) is 6.04 Å². The smallest absolute Gasteiger partial charge is 0.0165 e. The second-order valence-electron chi connectivity index (χ2n) is 3.11. The predicted octanol–water partition coefficient (Wildman–Crippen LogP) is 1.42. The Balaban J connectivity index is 2.27. The van der Waals surface area contributed by atoms with Crippen molar-refractivity contribution in [3.8, 4) is 0 Å². The number of hydrogen-bond acceptors (Lipinski definition) is 4. The molecule has 1 fully saturated rings. The maximum Gasteiger partial charge on any atom is 0.0165 e. The molecule has 2 nitrogen and oxygen atoms in total. The molecule has 1 rings (SSSR count). The first-order valence-corrected chi connectivity index (χ1v) is 7.02. The van der Waals surface area contributed by atoms with Crippen molar-refractivity contribution in [1.29, 1.82) is 0 Å². The zero-order chi connectivity index (χ0) is 8.81. The van der Waals surface area contributed by atoms with Gasteiger partial charge in [-0.15, -0.1) is 0 Å². The van der Waals surface area contributed by atoms with Crippen molar-refractivity contribution >= 4 is 21.6 Å². The molecule has 0 spiro atoms. The molecule has 4 heteroatoms. The molecule has 1 aliphatic rings. The lowest BCUT2D eigenvalue weighted by molar-refractivity contribution is 0.228. The van der Waals surface area contributed by atoms with Crippen LogP contribution in [0.2, 0.25) is 0 Å². The van der Waals surface area contributed by atoms with Crippen LogP contribution in [0.15, 0.2) is 0 Å². The zero-order valence-electron chi connectivity index (χ0n) is 7.66. The predicted molar refractivity (Wildman–Crippen MR) is 59.6 cm³/mol. The Labute approximate surface area is 83.0 Å². The van der Waals surface area contributed by atoms with Gasteiger partial charge in [0, 0.05) is 30.6 Å². The van der Waals surface area contributed by atoms with Crippen LogP contribution in [0.3, 0.4) is 0 Å². The monoisotopic (exact) mass is 206 g/mol. The van der Waals surface area contributed by atoms with Gasteiger partial charge < -0.3 is 5.73 Å². The molecule has 0 aliphatic carbocycles. The minimum Gasteiger partial charge on any atom is -0.330 e. The minimum absolute atomic E-state index is 0.675. The molecule has 1 atom stereocenters. The standard InChI is InChI=1S/C8H18N2S2/c1-8(2-3-9)10-4-6-11-12-7-5-10/h8H,2-7,9H2,1H3. The summed E-state index contributed by atoms with van der Waals surface area (Å²) < 4.78 is 0. The van der Waals surface area contributed by atoms with Crippen LogP contribution in [0.5, 0.6) is 0 Å². The first kappa shape index (κ1) is 10.7. The number of nitrogens with two attached hydrogens (primary N) is 1. The Hall–Kier alpha value is 0.620.